The smallest absolute Gasteiger partial charge is 0.311 e. The molecule has 2 aromatic carbocycles. The van der Waals surface area contributed by atoms with E-state index in [0.717, 1.165) is 12.8 Å². The summed E-state index contributed by atoms with van der Waals surface area (Å²) in [6.07, 6.45) is 1.66. The maximum absolute atomic E-state index is 12.4. The average molecular weight is 400 g/mol. The van der Waals surface area contributed by atoms with E-state index >= 15 is 0 Å². The lowest BCUT2D eigenvalue weighted by Crippen LogP contribution is -2.45. The van der Waals surface area contributed by atoms with Crippen molar-refractivity contribution in [3.05, 3.63) is 64.2 Å². The lowest BCUT2D eigenvalue weighted by molar-refractivity contribution is -0.385. The van der Waals surface area contributed by atoms with E-state index in [2.05, 4.69) is 17.4 Å². The Morgan fingerprint density at radius 2 is 1.93 bits per heavy atom. The SMILES string of the molecule is COc1cc(OCC(=O)NCC2(c3ccccc3)CCOCC2)ccc1[N+](=O)[O-]. The van der Waals surface area contributed by atoms with Crippen LogP contribution in [0.5, 0.6) is 11.5 Å². The molecule has 1 heterocycles. The average Bonchev–Trinajstić information content (AvgIpc) is 2.77. The second-order valence-corrected chi connectivity index (χ2v) is 6.91. The van der Waals surface area contributed by atoms with E-state index < -0.39 is 4.92 Å². The summed E-state index contributed by atoms with van der Waals surface area (Å²) in [5.41, 5.74) is 0.865. The molecule has 0 bridgehead atoms. The number of nitrogens with one attached hydrogen (secondary N) is 1. The first-order chi connectivity index (χ1) is 14.0. The number of methoxy groups -OCH3 is 1. The number of nitrogens with zero attached hydrogens (tertiary/aromatic N) is 1. The van der Waals surface area contributed by atoms with Crippen LogP contribution in [0.3, 0.4) is 0 Å². The van der Waals surface area contributed by atoms with E-state index in [4.69, 9.17) is 14.2 Å². The Bertz CT molecular complexity index is 850. The minimum Gasteiger partial charge on any atom is -0.490 e. The number of nitro groups is 1. The number of nitro benzene ring substituents is 1. The molecular formula is C21H24N2O6. The normalized spacial score (nSPS) is 15.3. The van der Waals surface area contributed by atoms with Crippen molar-refractivity contribution >= 4 is 11.6 Å². The van der Waals surface area contributed by atoms with Crippen LogP contribution in [-0.2, 0) is 14.9 Å². The van der Waals surface area contributed by atoms with Gasteiger partial charge in [0.25, 0.3) is 5.91 Å². The van der Waals surface area contributed by atoms with Gasteiger partial charge in [-0.25, -0.2) is 0 Å². The number of rotatable bonds is 8. The molecule has 3 rings (SSSR count). The summed E-state index contributed by atoms with van der Waals surface area (Å²) in [5, 5.41) is 13.9. The van der Waals surface area contributed by atoms with Gasteiger partial charge in [-0.05, 0) is 24.5 Å². The summed E-state index contributed by atoms with van der Waals surface area (Å²) in [5.74, 6) is 0.147. The summed E-state index contributed by atoms with van der Waals surface area (Å²) >= 11 is 0. The molecule has 1 aliphatic heterocycles. The van der Waals surface area contributed by atoms with E-state index in [1.807, 2.05) is 18.2 Å². The predicted molar refractivity (Wildman–Crippen MR) is 106 cm³/mol. The molecule has 0 atom stereocenters. The molecule has 0 aromatic heterocycles. The lowest BCUT2D eigenvalue weighted by Gasteiger charge is -2.38. The number of hydrogen-bond donors (Lipinski definition) is 1. The summed E-state index contributed by atoms with van der Waals surface area (Å²) in [4.78, 5) is 22.8. The third-order valence-electron chi connectivity index (χ3n) is 5.18. The Morgan fingerprint density at radius 3 is 2.59 bits per heavy atom. The highest BCUT2D eigenvalue weighted by molar-refractivity contribution is 5.77. The second-order valence-electron chi connectivity index (χ2n) is 6.91. The first kappa shape index (κ1) is 20.6. The van der Waals surface area contributed by atoms with Crippen molar-refractivity contribution in [1.82, 2.24) is 5.32 Å². The molecule has 1 amide bonds. The van der Waals surface area contributed by atoms with Crippen molar-refractivity contribution in [2.24, 2.45) is 0 Å². The van der Waals surface area contributed by atoms with Crippen molar-refractivity contribution < 1.29 is 23.9 Å². The van der Waals surface area contributed by atoms with Gasteiger partial charge >= 0.3 is 5.69 Å². The quantitative estimate of drug-likeness (QED) is 0.540. The highest BCUT2D eigenvalue weighted by Crippen LogP contribution is 2.34. The highest BCUT2D eigenvalue weighted by atomic mass is 16.6. The van der Waals surface area contributed by atoms with E-state index in [-0.39, 0.29) is 29.4 Å². The molecule has 0 radical (unpaired) electrons. The molecule has 29 heavy (non-hydrogen) atoms. The van der Waals surface area contributed by atoms with E-state index in [1.54, 1.807) is 0 Å². The van der Waals surface area contributed by atoms with E-state index in [0.29, 0.717) is 25.5 Å². The summed E-state index contributed by atoms with van der Waals surface area (Å²) in [7, 11) is 1.34. The summed E-state index contributed by atoms with van der Waals surface area (Å²) < 4.78 is 16.0. The summed E-state index contributed by atoms with van der Waals surface area (Å²) in [6.45, 7) is 1.61. The number of hydrogen-bond acceptors (Lipinski definition) is 6. The van der Waals surface area contributed by atoms with Crippen LogP contribution in [-0.4, -0.2) is 44.3 Å². The van der Waals surface area contributed by atoms with Gasteiger partial charge < -0.3 is 19.5 Å². The fourth-order valence-corrected chi connectivity index (χ4v) is 3.49. The molecule has 154 valence electrons. The third kappa shape index (κ3) is 5.03. The number of carbonyl (C=O) groups excluding carboxylic acids is 1. The van der Waals surface area contributed by atoms with Gasteiger partial charge in [0.15, 0.2) is 6.61 Å². The Morgan fingerprint density at radius 1 is 1.21 bits per heavy atom. The van der Waals surface area contributed by atoms with Crippen molar-refractivity contribution in [2.75, 3.05) is 33.5 Å². The largest absolute Gasteiger partial charge is 0.490 e. The van der Waals surface area contributed by atoms with Gasteiger partial charge in [-0.2, -0.15) is 0 Å². The van der Waals surface area contributed by atoms with Gasteiger partial charge in [0.1, 0.15) is 5.75 Å². The van der Waals surface area contributed by atoms with Crippen molar-refractivity contribution in [3.8, 4) is 11.5 Å². The monoisotopic (exact) mass is 400 g/mol. The van der Waals surface area contributed by atoms with Crippen LogP contribution in [0.1, 0.15) is 18.4 Å². The molecule has 1 N–H and O–H groups in total. The fraction of sp³-hybridized carbons (Fsp3) is 0.381. The minimum absolute atomic E-state index is 0.0816. The van der Waals surface area contributed by atoms with Crippen LogP contribution in [0.4, 0.5) is 5.69 Å². The number of carbonyl (C=O) groups is 1. The third-order valence-corrected chi connectivity index (χ3v) is 5.18. The molecule has 1 saturated heterocycles. The van der Waals surface area contributed by atoms with Crippen molar-refractivity contribution in [1.29, 1.82) is 0 Å². The molecule has 0 unspecified atom stereocenters. The lowest BCUT2D eigenvalue weighted by atomic mass is 9.74. The topological polar surface area (TPSA) is 99.9 Å². The highest BCUT2D eigenvalue weighted by Gasteiger charge is 2.34. The van der Waals surface area contributed by atoms with E-state index in [1.165, 1.54) is 30.9 Å². The van der Waals surface area contributed by atoms with Gasteiger partial charge in [0.05, 0.1) is 12.0 Å². The zero-order chi connectivity index (χ0) is 20.7. The van der Waals surface area contributed by atoms with Gasteiger partial charge in [-0.15, -0.1) is 0 Å². The molecule has 0 spiro atoms. The molecule has 8 heteroatoms. The number of amides is 1. The zero-order valence-corrected chi connectivity index (χ0v) is 16.3. The van der Waals surface area contributed by atoms with Gasteiger partial charge in [-0.1, -0.05) is 30.3 Å². The number of benzene rings is 2. The van der Waals surface area contributed by atoms with Crippen molar-refractivity contribution in [2.45, 2.75) is 18.3 Å². The van der Waals surface area contributed by atoms with Crippen LogP contribution < -0.4 is 14.8 Å². The van der Waals surface area contributed by atoms with Gasteiger partial charge in [0.2, 0.25) is 5.75 Å². The van der Waals surface area contributed by atoms with E-state index in [9.17, 15) is 14.9 Å². The maximum Gasteiger partial charge on any atom is 0.311 e. The standard InChI is InChI=1S/C21H24N2O6/c1-27-19-13-17(7-8-18(19)23(25)26)29-14-20(24)22-15-21(9-11-28-12-10-21)16-5-3-2-4-6-16/h2-8,13H,9-12,14-15H2,1H3,(H,22,24). The predicted octanol–water partition coefficient (Wildman–Crippen LogP) is 2.85. The Hall–Kier alpha value is -3.13. The van der Waals surface area contributed by atoms with Gasteiger partial charge in [-0.3, -0.25) is 14.9 Å². The Labute approximate surface area is 168 Å². The zero-order valence-electron chi connectivity index (χ0n) is 16.3. The molecule has 8 nitrogen and oxygen atoms in total. The van der Waals surface area contributed by atoms with Crippen LogP contribution in [0, 0.1) is 10.1 Å². The van der Waals surface area contributed by atoms with Gasteiger partial charge in [0, 0.05) is 37.3 Å². The summed E-state index contributed by atoms with van der Waals surface area (Å²) in [6, 6.07) is 14.3. The molecular weight excluding hydrogens is 376 g/mol. The number of ether oxygens (including phenoxy) is 3. The second kappa shape index (κ2) is 9.38. The molecule has 1 aliphatic rings. The Kier molecular flexibility index (Phi) is 6.66. The molecule has 2 aromatic rings. The molecule has 0 saturated carbocycles. The minimum atomic E-state index is -0.535. The first-order valence-corrected chi connectivity index (χ1v) is 9.39. The van der Waals surface area contributed by atoms with Crippen LogP contribution in [0.25, 0.3) is 0 Å². The van der Waals surface area contributed by atoms with Crippen LogP contribution >= 0.6 is 0 Å². The van der Waals surface area contributed by atoms with Crippen molar-refractivity contribution in [3.63, 3.8) is 0 Å². The van der Waals surface area contributed by atoms with Crippen LogP contribution in [0.15, 0.2) is 48.5 Å². The Balaban J connectivity index is 1.59. The molecule has 1 fully saturated rings. The van der Waals surface area contributed by atoms with Crippen LogP contribution in [0.2, 0.25) is 0 Å². The first-order valence-electron chi connectivity index (χ1n) is 9.39. The maximum atomic E-state index is 12.4. The molecule has 0 aliphatic carbocycles. The fourth-order valence-electron chi connectivity index (χ4n) is 3.49.